The van der Waals surface area contributed by atoms with E-state index in [9.17, 15) is 9.59 Å². The van der Waals surface area contributed by atoms with E-state index in [1.165, 1.54) is 18.6 Å². The van der Waals surface area contributed by atoms with Crippen LogP contribution >= 0.6 is 0 Å². The molecule has 1 aliphatic rings. The number of likely N-dealkylation sites (tertiary alicyclic amines) is 1. The standard InChI is InChI=1S/C17H19N5O2/c1-21(2)14-5-3-13(4-6-14)20-16(23)12-10-22(11-12)17(24)15-9-18-7-8-19-15/h3-9,12H,10-11H2,1-2H3,(H,20,23). The van der Waals surface area contributed by atoms with E-state index in [0.29, 0.717) is 18.8 Å². The van der Waals surface area contributed by atoms with Crippen molar-refractivity contribution in [1.29, 1.82) is 0 Å². The lowest BCUT2D eigenvalue weighted by atomic mass is 9.98. The molecule has 0 saturated carbocycles. The van der Waals surface area contributed by atoms with Crippen molar-refractivity contribution in [2.45, 2.75) is 0 Å². The van der Waals surface area contributed by atoms with E-state index >= 15 is 0 Å². The number of benzene rings is 1. The highest BCUT2D eigenvalue weighted by atomic mass is 16.2. The zero-order chi connectivity index (χ0) is 17.1. The summed E-state index contributed by atoms with van der Waals surface area (Å²) < 4.78 is 0. The van der Waals surface area contributed by atoms with Crippen molar-refractivity contribution in [3.8, 4) is 0 Å². The molecule has 2 amide bonds. The maximum atomic E-state index is 12.2. The minimum Gasteiger partial charge on any atom is -0.378 e. The molecule has 0 atom stereocenters. The molecule has 7 nitrogen and oxygen atoms in total. The van der Waals surface area contributed by atoms with Crippen LogP contribution in [0.1, 0.15) is 10.5 Å². The van der Waals surface area contributed by atoms with Crippen LogP contribution in [0.3, 0.4) is 0 Å². The Hall–Kier alpha value is -2.96. The molecular formula is C17H19N5O2. The van der Waals surface area contributed by atoms with Crippen molar-refractivity contribution >= 4 is 23.2 Å². The molecule has 24 heavy (non-hydrogen) atoms. The van der Waals surface area contributed by atoms with Gasteiger partial charge in [0.2, 0.25) is 5.91 Å². The fourth-order valence-electron chi connectivity index (χ4n) is 2.47. The maximum absolute atomic E-state index is 12.2. The van der Waals surface area contributed by atoms with Gasteiger partial charge in [-0.2, -0.15) is 0 Å². The average molecular weight is 325 g/mol. The van der Waals surface area contributed by atoms with Gasteiger partial charge in [0.25, 0.3) is 5.91 Å². The highest BCUT2D eigenvalue weighted by Crippen LogP contribution is 2.21. The second-order valence-corrected chi connectivity index (χ2v) is 5.93. The van der Waals surface area contributed by atoms with Gasteiger partial charge in [0.15, 0.2) is 0 Å². The van der Waals surface area contributed by atoms with Gasteiger partial charge in [0.05, 0.1) is 12.1 Å². The van der Waals surface area contributed by atoms with Crippen molar-refractivity contribution in [2.24, 2.45) is 5.92 Å². The molecule has 1 aromatic carbocycles. The summed E-state index contributed by atoms with van der Waals surface area (Å²) >= 11 is 0. The van der Waals surface area contributed by atoms with Crippen molar-refractivity contribution in [1.82, 2.24) is 14.9 Å². The summed E-state index contributed by atoms with van der Waals surface area (Å²) in [7, 11) is 3.93. The monoisotopic (exact) mass is 325 g/mol. The van der Waals surface area contributed by atoms with E-state index in [1.54, 1.807) is 4.90 Å². The molecule has 1 aliphatic heterocycles. The molecule has 0 aliphatic carbocycles. The van der Waals surface area contributed by atoms with Gasteiger partial charge < -0.3 is 15.1 Å². The van der Waals surface area contributed by atoms with Gasteiger partial charge in [0.1, 0.15) is 5.69 Å². The quantitative estimate of drug-likeness (QED) is 0.915. The topological polar surface area (TPSA) is 78.4 Å². The van der Waals surface area contributed by atoms with Gasteiger partial charge in [-0.15, -0.1) is 0 Å². The van der Waals surface area contributed by atoms with Crippen molar-refractivity contribution in [3.05, 3.63) is 48.5 Å². The lowest BCUT2D eigenvalue weighted by Crippen LogP contribution is -2.54. The SMILES string of the molecule is CN(C)c1ccc(NC(=O)C2CN(C(=O)c3cnccn3)C2)cc1. The smallest absolute Gasteiger partial charge is 0.274 e. The molecule has 1 N–H and O–H groups in total. The molecule has 7 heteroatoms. The summed E-state index contributed by atoms with van der Waals surface area (Å²) in [4.78, 5) is 35.8. The fourth-order valence-corrected chi connectivity index (χ4v) is 2.47. The molecular weight excluding hydrogens is 306 g/mol. The van der Waals surface area contributed by atoms with Crippen molar-refractivity contribution < 1.29 is 9.59 Å². The Bertz CT molecular complexity index is 724. The van der Waals surface area contributed by atoms with Gasteiger partial charge in [-0.25, -0.2) is 4.98 Å². The number of aromatic nitrogens is 2. The predicted molar refractivity (Wildman–Crippen MR) is 90.8 cm³/mol. The molecule has 1 saturated heterocycles. The van der Waals surface area contributed by atoms with Crippen LogP contribution in [0.5, 0.6) is 0 Å². The molecule has 1 aromatic heterocycles. The van der Waals surface area contributed by atoms with E-state index in [0.717, 1.165) is 11.4 Å². The number of carbonyl (C=O) groups excluding carboxylic acids is 2. The molecule has 2 aromatic rings. The highest BCUT2D eigenvalue weighted by molar-refractivity contribution is 5.97. The molecule has 3 rings (SSSR count). The van der Waals surface area contributed by atoms with Crippen LogP contribution in [-0.2, 0) is 4.79 Å². The third-order valence-electron chi connectivity index (χ3n) is 3.97. The minimum absolute atomic E-state index is 0.0733. The van der Waals surface area contributed by atoms with Gasteiger partial charge in [-0.1, -0.05) is 0 Å². The third kappa shape index (κ3) is 3.34. The molecule has 0 bridgehead atoms. The van der Waals surface area contributed by atoms with Gasteiger partial charge in [0, 0.05) is 51.0 Å². The van der Waals surface area contributed by atoms with Crippen LogP contribution in [-0.4, -0.2) is 53.9 Å². The summed E-state index contributed by atoms with van der Waals surface area (Å²) in [5.74, 6) is -0.461. The molecule has 2 heterocycles. The molecule has 0 unspecified atom stereocenters. The van der Waals surface area contributed by atoms with Gasteiger partial charge >= 0.3 is 0 Å². The Morgan fingerprint density at radius 2 is 1.88 bits per heavy atom. The van der Waals surface area contributed by atoms with E-state index in [1.807, 2.05) is 43.3 Å². The first-order valence-corrected chi connectivity index (χ1v) is 7.68. The molecule has 0 spiro atoms. The number of nitrogens with zero attached hydrogens (tertiary/aromatic N) is 4. The minimum atomic E-state index is -0.195. The summed E-state index contributed by atoms with van der Waals surface area (Å²) in [5.41, 5.74) is 2.12. The highest BCUT2D eigenvalue weighted by Gasteiger charge is 2.36. The van der Waals surface area contributed by atoms with Gasteiger partial charge in [-0.3, -0.25) is 14.6 Å². The molecule has 124 valence electrons. The normalized spacial score (nSPS) is 14.0. The number of hydrogen-bond acceptors (Lipinski definition) is 5. The predicted octanol–water partition coefficient (Wildman–Crippen LogP) is 1.25. The Labute approximate surface area is 140 Å². The number of rotatable bonds is 4. The third-order valence-corrected chi connectivity index (χ3v) is 3.97. The zero-order valence-corrected chi connectivity index (χ0v) is 13.6. The summed E-state index contributed by atoms with van der Waals surface area (Å²) in [5, 5.41) is 2.89. The lowest BCUT2D eigenvalue weighted by molar-refractivity contribution is -0.123. The Morgan fingerprint density at radius 3 is 2.46 bits per heavy atom. The number of amides is 2. The first-order valence-electron chi connectivity index (χ1n) is 7.68. The van der Waals surface area contributed by atoms with Gasteiger partial charge in [-0.05, 0) is 24.3 Å². The summed E-state index contributed by atoms with van der Waals surface area (Å²) in [6, 6.07) is 7.63. The largest absolute Gasteiger partial charge is 0.378 e. The van der Waals surface area contributed by atoms with Crippen LogP contribution in [0.15, 0.2) is 42.9 Å². The first-order chi connectivity index (χ1) is 11.5. The van der Waals surface area contributed by atoms with E-state index in [2.05, 4.69) is 15.3 Å². The Balaban J connectivity index is 1.52. The van der Waals surface area contributed by atoms with Crippen LogP contribution in [0, 0.1) is 5.92 Å². The van der Waals surface area contributed by atoms with E-state index in [-0.39, 0.29) is 17.7 Å². The van der Waals surface area contributed by atoms with E-state index < -0.39 is 0 Å². The Kier molecular flexibility index (Phi) is 4.41. The number of nitrogens with one attached hydrogen (secondary N) is 1. The second kappa shape index (κ2) is 6.66. The second-order valence-electron chi connectivity index (χ2n) is 5.93. The Morgan fingerprint density at radius 1 is 1.17 bits per heavy atom. The zero-order valence-electron chi connectivity index (χ0n) is 13.6. The molecule has 1 fully saturated rings. The molecule has 0 radical (unpaired) electrons. The van der Waals surface area contributed by atoms with E-state index in [4.69, 9.17) is 0 Å². The van der Waals surface area contributed by atoms with Crippen LogP contribution in [0.2, 0.25) is 0 Å². The fraction of sp³-hybridized carbons (Fsp3) is 0.294. The van der Waals surface area contributed by atoms with Crippen LogP contribution < -0.4 is 10.2 Å². The summed E-state index contributed by atoms with van der Waals surface area (Å²) in [6.45, 7) is 0.800. The van der Waals surface area contributed by atoms with Crippen molar-refractivity contribution in [2.75, 3.05) is 37.4 Å². The van der Waals surface area contributed by atoms with Crippen molar-refractivity contribution in [3.63, 3.8) is 0 Å². The average Bonchev–Trinajstić information content (AvgIpc) is 2.54. The van der Waals surface area contributed by atoms with Crippen LogP contribution in [0.4, 0.5) is 11.4 Å². The summed E-state index contributed by atoms with van der Waals surface area (Å²) in [6.07, 6.45) is 4.43. The van der Waals surface area contributed by atoms with Crippen LogP contribution in [0.25, 0.3) is 0 Å². The number of carbonyl (C=O) groups is 2. The number of hydrogen-bond donors (Lipinski definition) is 1. The lowest BCUT2D eigenvalue weighted by Gasteiger charge is -2.37. The first kappa shape index (κ1) is 15.9. The maximum Gasteiger partial charge on any atom is 0.274 e. The number of anilines is 2.